The summed E-state index contributed by atoms with van der Waals surface area (Å²) in [5, 5.41) is 14.4. The summed E-state index contributed by atoms with van der Waals surface area (Å²) in [6.45, 7) is 5.31. The van der Waals surface area contributed by atoms with E-state index in [1.165, 1.54) is 0 Å². The van der Waals surface area contributed by atoms with Crippen molar-refractivity contribution in [1.82, 2.24) is 10.3 Å². The quantitative estimate of drug-likeness (QED) is 0.476. The van der Waals surface area contributed by atoms with Crippen molar-refractivity contribution in [3.8, 4) is 0 Å². The molecule has 2 aromatic rings. The molecule has 0 saturated carbocycles. The number of nitrogens with zero attached hydrogens (tertiary/aromatic N) is 1. The first-order valence-corrected chi connectivity index (χ1v) is 8.70. The Kier molecular flexibility index (Phi) is 6.19. The molecule has 0 bridgehead atoms. The highest BCUT2D eigenvalue weighted by Crippen LogP contribution is 2.33. The summed E-state index contributed by atoms with van der Waals surface area (Å²) in [6, 6.07) is 0.998. The molecule has 0 aliphatic heterocycles. The Labute approximate surface area is 162 Å². The molecule has 0 aliphatic carbocycles. The molecule has 1 heterocycles. The number of anilines is 1. The van der Waals surface area contributed by atoms with Gasteiger partial charge in [-0.3, -0.25) is 4.98 Å². The fraction of sp³-hybridized carbons (Fsp3) is 0.353. The summed E-state index contributed by atoms with van der Waals surface area (Å²) in [4.78, 5) is 26.9. The number of hydrogen-bond donors (Lipinski definition) is 3. The number of ether oxygens (including phenoxy) is 1. The Bertz CT molecular complexity index is 900. The minimum atomic E-state index is -1.33. The van der Waals surface area contributed by atoms with Crippen molar-refractivity contribution in [2.24, 2.45) is 0 Å². The van der Waals surface area contributed by atoms with Crippen LogP contribution < -0.4 is 10.6 Å². The SMILES string of the molecule is CC(C)(C)OC(=O)NCCNc1c(C(=O)O)cnc2cc(F)c(Br)c(F)c12. The third-order valence-electron chi connectivity index (χ3n) is 3.32. The highest BCUT2D eigenvalue weighted by Gasteiger charge is 2.21. The highest BCUT2D eigenvalue weighted by atomic mass is 79.9. The van der Waals surface area contributed by atoms with Crippen LogP contribution in [0.1, 0.15) is 31.1 Å². The average molecular weight is 446 g/mol. The molecule has 1 aromatic carbocycles. The summed E-state index contributed by atoms with van der Waals surface area (Å²) in [6.07, 6.45) is 0.375. The monoisotopic (exact) mass is 445 g/mol. The molecule has 27 heavy (non-hydrogen) atoms. The Hall–Kier alpha value is -2.49. The van der Waals surface area contributed by atoms with Crippen LogP contribution in [0.4, 0.5) is 19.3 Å². The van der Waals surface area contributed by atoms with Gasteiger partial charge in [-0.1, -0.05) is 0 Å². The van der Waals surface area contributed by atoms with Crippen LogP contribution in [-0.2, 0) is 4.74 Å². The number of hydrogen-bond acceptors (Lipinski definition) is 5. The molecule has 1 amide bonds. The second kappa shape index (κ2) is 8.03. The van der Waals surface area contributed by atoms with Gasteiger partial charge in [0.05, 0.1) is 21.1 Å². The topological polar surface area (TPSA) is 101 Å². The van der Waals surface area contributed by atoms with Crippen LogP contribution in [0.2, 0.25) is 0 Å². The number of nitrogens with one attached hydrogen (secondary N) is 2. The minimum absolute atomic E-state index is 0.0409. The molecule has 0 saturated heterocycles. The standard InChI is InChI=1S/C17H18BrF2N3O4/c1-17(2,3)27-16(26)22-5-4-21-14-8(15(24)25)7-23-10-6-9(19)12(18)13(20)11(10)14/h6-7H,4-5H2,1-3H3,(H,21,23)(H,22,26)(H,24,25). The molecule has 10 heteroatoms. The number of carboxylic acid groups (broad SMARTS) is 1. The fourth-order valence-corrected chi connectivity index (χ4v) is 2.58. The number of carbonyl (C=O) groups excluding carboxylic acids is 1. The van der Waals surface area contributed by atoms with Gasteiger partial charge in [-0.05, 0) is 36.7 Å². The number of benzene rings is 1. The van der Waals surface area contributed by atoms with E-state index in [1.54, 1.807) is 20.8 Å². The molecule has 1 aromatic heterocycles. The molecular formula is C17H18BrF2N3O4. The van der Waals surface area contributed by atoms with E-state index in [4.69, 9.17) is 4.74 Å². The lowest BCUT2D eigenvalue weighted by Gasteiger charge is -2.20. The van der Waals surface area contributed by atoms with Gasteiger partial charge in [-0.25, -0.2) is 18.4 Å². The van der Waals surface area contributed by atoms with Crippen molar-refractivity contribution in [3.05, 3.63) is 33.9 Å². The van der Waals surface area contributed by atoms with E-state index in [0.29, 0.717) is 0 Å². The third-order valence-corrected chi connectivity index (χ3v) is 4.05. The van der Waals surface area contributed by atoms with Gasteiger partial charge >= 0.3 is 12.1 Å². The van der Waals surface area contributed by atoms with Crippen molar-refractivity contribution >= 4 is 44.6 Å². The van der Waals surface area contributed by atoms with Crippen LogP contribution in [0.15, 0.2) is 16.7 Å². The number of aromatic nitrogens is 1. The average Bonchev–Trinajstić information content (AvgIpc) is 2.54. The fourth-order valence-electron chi connectivity index (χ4n) is 2.27. The molecule has 0 atom stereocenters. The Morgan fingerprint density at radius 3 is 2.56 bits per heavy atom. The second-order valence-electron chi connectivity index (χ2n) is 6.59. The zero-order valence-electron chi connectivity index (χ0n) is 14.8. The van der Waals surface area contributed by atoms with Crippen molar-refractivity contribution in [2.75, 3.05) is 18.4 Å². The lowest BCUT2D eigenvalue weighted by molar-refractivity contribution is 0.0529. The zero-order chi connectivity index (χ0) is 20.4. The van der Waals surface area contributed by atoms with E-state index in [-0.39, 0.29) is 35.2 Å². The number of alkyl carbamates (subject to hydrolysis) is 1. The van der Waals surface area contributed by atoms with Gasteiger partial charge in [0.15, 0.2) is 5.82 Å². The van der Waals surface area contributed by atoms with Crippen molar-refractivity contribution in [3.63, 3.8) is 0 Å². The maximum absolute atomic E-state index is 14.5. The van der Waals surface area contributed by atoms with Crippen LogP contribution in [0.5, 0.6) is 0 Å². The summed E-state index contributed by atoms with van der Waals surface area (Å²) < 4.78 is 32.9. The summed E-state index contributed by atoms with van der Waals surface area (Å²) in [5.74, 6) is -3.15. The number of pyridine rings is 1. The first-order valence-electron chi connectivity index (χ1n) is 7.91. The molecule has 0 radical (unpaired) electrons. The van der Waals surface area contributed by atoms with E-state index in [1.807, 2.05) is 0 Å². The smallest absolute Gasteiger partial charge is 0.407 e. The lowest BCUT2D eigenvalue weighted by Crippen LogP contribution is -2.35. The number of carbonyl (C=O) groups is 2. The number of amides is 1. The molecule has 146 valence electrons. The lowest BCUT2D eigenvalue weighted by atomic mass is 10.1. The van der Waals surface area contributed by atoms with Crippen LogP contribution in [0.25, 0.3) is 10.9 Å². The highest BCUT2D eigenvalue weighted by molar-refractivity contribution is 9.10. The van der Waals surface area contributed by atoms with Gasteiger partial charge in [0.2, 0.25) is 0 Å². The van der Waals surface area contributed by atoms with Gasteiger partial charge in [0.1, 0.15) is 17.0 Å². The Balaban J connectivity index is 2.25. The van der Waals surface area contributed by atoms with E-state index in [2.05, 4.69) is 31.5 Å². The van der Waals surface area contributed by atoms with Gasteiger partial charge < -0.3 is 20.5 Å². The van der Waals surface area contributed by atoms with Crippen LogP contribution in [0, 0.1) is 11.6 Å². The van der Waals surface area contributed by atoms with E-state index >= 15 is 0 Å². The van der Waals surface area contributed by atoms with Gasteiger partial charge in [0, 0.05) is 25.4 Å². The molecule has 0 unspecified atom stereocenters. The molecule has 7 nitrogen and oxygen atoms in total. The number of carboxylic acids is 1. The number of fused-ring (bicyclic) bond motifs is 1. The largest absolute Gasteiger partial charge is 0.478 e. The Morgan fingerprint density at radius 1 is 1.30 bits per heavy atom. The maximum atomic E-state index is 14.5. The Morgan fingerprint density at radius 2 is 1.96 bits per heavy atom. The van der Waals surface area contributed by atoms with Gasteiger partial charge in [-0.2, -0.15) is 0 Å². The van der Waals surface area contributed by atoms with E-state index in [0.717, 1.165) is 12.3 Å². The van der Waals surface area contributed by atoms with Gasteiger partial charge in [-0.15, -0.1) is 0 Å². The molecule has 2 rings (SSSR count). The minimum Gasteiger partial charge on any atom is -0.478 e. The van der Waals surface area contributed by atoms with Crippen molar-refractivity contribution in [2.45, 2.75) is 26.4 Å². The summed E-state index contributed by atoms with van der Waals surface area (Å²) >= 11 is 2.80. The maximum Gasteiger partial charge on any atom is 0.407 e. The molecule has 0 aliphatic rings. The summed E-state index contributed by atoms with van der Waals surface area (Å²) in [5.41, 5.74) is -1.04. The number of rotatable bonds is 5. The third kappa shape index (κ3) is 5.03. The van der Waals surface area contributed by atoms with E-state index in [9.17, 15) is 23.5 Å². The predicted octanol–water partition coefficient (Wildman–Crippen LogP) is 3.91. The van der Waals surface area contributed by atoms with Crippen LogP contribution in [0.3, 0.4) is 0 Å². The first-order chi connectivity index (χ1) is 12.5. The molecular weight excluding hydrogens is 428 g/mol. The van der Waals surface area contributed by atoms with Crippen molar-refractivity contribution < 1.29 is 28.2 Å². The molecule has 0 spiro atoms. The van der Waals surface area contributed by atoms with Crippen molar-refractivity contribution in [1.29, 1.82) is 0 Å². The second-order valence-corrected chi connectivity index (χ2v) is 7.38. The van der Waals surface area contributed by atoms with E-state index < -0.39 is 33.8 Å². The van der Waals surface area contributed by atoms with Crippen LogP contribution >= 0.6 is 15.9 Å². The predicted molar refractivity (Wildman–Crippen MR) is 99.0 cm³/mol. The number of aromatic carboxylic acids is 1. The van der Waals surface area contributed by atoms with Crippen LogP contribution in [-0.4, -0.2) is 40.8 Å². The first kappa shape index (κ1) is 20.8. The molecule has 0 fully saturated rings. The molecule has 3 N–H and O–H groups in total. The number of halogens is 3. The normalized spacial score (nSPS) is 11.3. The zero-order valence-corrected chi connectivity index (χ0v) is 16.4. The summed E-state index contributed by atoms with van der Waals surface area (Å²) in [7, 11) is 0. The van der Waals surface area contributed by atoms with Gasteiger partial charge in [0.25, 0.3) is 0 Å².